The molecule has 1 aliphatic rings. The molecule has 5 heteroatoms. The molecule has 0 aromatic carbocycles. The van der Waals surface area contributed by atoms with Gasteiger partial charge in [0.1, 0.15) is 0 Å². The van der Waals surface area contributed by atoms with Gasteiger partial charge in [-0.1, -0.05) is 6.92 Å². The first-order valence-corrected chi connectivity index (χ1v) is 6.56. The summed E-state index contributed by atoms with van der Waals surface area (Å²) < 4.78 is 10.1. The maximum atomic E-state index is 11.6. The fourth-order valence-corrected chi connectivity index (χ4v) is 1.89. The van der Waals surface area contributed by atoms with Gasteiger partial charge in [-0.3, -0.25) is 9.59 Å². The van der Waals surface area contributed by atoms with Crippen molar-refractivity contribution < 1.29 is 19.1 Å². The maximum absolute atomic E-state index is 11.6. The van der Waals surface area contributed by atoms with Crippen molar-refractivity contribution in [3.8, 4) is 0 Å². The molecule has 1 fully saturated rings. The molecule has 1 heterocycles. The Bertz CT molecular complexity index is 285. The molecule has 0 aromatic rings. The van der Waals surface area contributed by atoms with Crippen LogP contribution in [0.2, 0.25) is 0 Å². The zero-order valence-corrected chi connectivity index (χ0v) is 11.3. The SMILES string of the molecule is CCOC(=O)CCC(=O)NCC1(C)CCOCC1. The van der Waals surface area contributed by atoms with E-state index < -0.39 is 0 Å². The first-order chi connectivity index (χ1) is 8.56. The number of ether oxygens (including phenoxy) is 2. The van der Waals surface area contributed by atoms with E-state index in [9.17, 15) is 9.59 Å². The van der Waals surface area contributed by atoms with Crippen LogP contribution in [0.3, 0.4) is 0 Å². The summed E-state index contributed by atoms with van der Waals surface area (Å²) in [7, 11) is 0. The molecule has 5 nitrogen and oxygen atoms in total. The number of hydrogen-bond acceptors (Lipinski definition) is 4. The van der Waals surface area contributed by atoms with Gasteiger partial charge in [-0.15, -0.1) is 0 Å². The summed E-state index contributed by atoms with van der Waals surface area (Å²) in [5.74, 6) is -0.402. The van der Waals surface area contributed by atoms with Crippen molar-refractivity contribution in [3.05, 3.63) is 0 Å². The van der Waals surface area contributed by atoms with E-state index in [4.69, 9.17) is 9.47 Å². The molecule has 0 radical (unpaired) electrons. The van der Waals surface area contributed by atoms with Gasteiger partial charge < -0.3 is 14.8 Å². The summed E-state index contributed by atoms with van der Waals surface area (Å²) in [6.45, 7) is 6.44. The van der Waals surface area contributed by atoms with E-state index in [1.165, 1.54) is 0 Å². The van der Waals surface area contributed by atoms with Gasteiger partial charge >= 0.3 is 5.97 Å². The van der Waals surface area contributed by atoms with Crippen LogP contribution < -0.4 is 5.32 Å². The number of esters is 1. The van der Waals surface area contributed by atoms with Crippen LogP contribution in [-0.4, -0.2) is 38.2 Å². The second-order valence-electron chi connectivity index (χ2n) is 5.00. The van der Waals surface area contributed by atoms with Crippen LogP contribution in [0.5, 0.6) is 0 Å². The second kappa shape index (κ2) is 7.36. The van der Waals surface area contributed by atoms with Crippen LogP contribution in [0.1, 0.15) is 39.5 Å². The Hall–Kier alpha value is -1.10. The van der Waals surface area contributed by atoms with E-state index in [1.807, 2.05) is 0 Å². The van der Waals surface area contributed by atoms with E-state index in [2.05, 4.69) is 12.2 Å². The van der Waals surface area contributed by atoms with E-state index >= 15 is 0 Å². The molecule has 0 unspecified atom stereocenters. The van der Waals surface area contributed by atoms with Crippen LogP contribution in [0.15, 0.2) is 0 Å². The lowest BCUT2D eigenvalue weighted by atomic mass is 9.82. The smallest absolute Gasteiger partial charge is 0.306 e. The Morgan fingerprint density at radius 2 is 1.94 bits per heavy atom. The number of carbonyl (C=O) groups excluding carboxylic acids is 2. The molecule has 0 aromatic heterocycles. The van der Waals surface area contributed by atoms with Crippen LogP contribution in [0, 0.1) is 5.41 Å². The zero-order chi connectivity index (χ0) is 13.4. The lowest BCUT2D eigenvalue weighted by Crippen LogP contribution is -2.39. The van der Waals surface area contributed by atoms with E-state index in [1.54, 1.807) is 6.92 Å². The fourth-order valence-electron chi connectivity index (χ4n) is 1.89. The molecule has 18 heavy (non-hydrogen) atoms. The molecule has 0 saturated carbocycles. The highest BCUT2D eigenvalue weighted by Gasteiger charge is 2.27. The molecule has 1 saturated heterocycles. The topological polar surface area (TPSA) is 64.6 Å². The molecular formula is C13H23NO4. The summed E-state index contributed by atoms with van der Waals surface area (Å²) in [4.78, 5) is 22.7. The highest BCUT2D eigenvalue weighted by Crippen LogP contribution is 2.28. The van der Waals surface area contributed by atoms with E-state index in [-0.39, 0.29) is 30.1 Å². The number of nitrogens with one attached hydrogen (secondary N) is 1. The molecule has 1 amide bonds. The zero-order valence-electron chi connectivity index (χ0n) is 11.3. The first-order valence-electron chi connectivity index (χ1n) is 6.56. The summed E-state index contributed by atoms with van der Waals surface area (Å²) in [6, 6.07) is 0. The minimum atomic E-state index is -0.315. The van der Waals surface area contributed by atoms with Gasteiger partial charge in [0.05, 0.1) is 13.0 Å². The second-order valence-corrected chi connectivity index (χ2v) is 5.00. The summed E-state index contributed by atoms with van der Waals surface area (Å²) >= 11 is 0. The highest BCUT2D eigenvalue weighted by molar-refractivity contribution is 5.81. The van der Waals surface area contributed by atoms with Gasteiger partial charge in [0.2, 0.25) is 5.91 Å². The van der Waals surface area contributed by atoms with Crippen molar-refractivity contribution >= 4 is 11.9 Å². The van der Waals surface area contributed by atoms with Crippen LogP contribution >= 0.6 is 0 Å². The lowest BCUT2D eigenvalue weighted by molar-refractivity contribution is -0.144. The predicted molar refractivity (Wildman–Crippen MR) is 67.0 cm³/mol. The van der Waals surface area contributed by atoms with Gasteiger partial charge in [0, 0.05) is 26.2 Å². The summed E-state index contributed by atoms with van der Waals surface area (Å²) in [5, 5.41) is 2.89. The number of hydrogen-bond donors (Lipinski definition) is 1. The Kier molecular flexibility index (Phi) is 6.12. The average Bonchev–Trinajstić information content (AvgIpc) is 2.35. The first kappa shape index (κ1) is 15.0. The highest BCUT2D eigenvalue weighted by atomic mass is 16.5. The predicted octanol–water partition coefficient (Wildman–Crippen LogP) is 1.26. The van der Waals surface area contributed by atoms with Crippen LogP contribution in [-0.2, 0) is 19.1 Å². The van der Waals surface area contributed by atoms with Crippen LogP contribution in [0.25, 0.3) is 0 Å². The monoisotopic (exact) mass is 257 g/mol. The molecule has 1 aliphatic heterocycles. The Labute approximate surface area is 108 Å². The van der Waals surface area contributed by atoms with E-state index in [0.717, 1.165) is 26.1 Å². The van der Waals surface area contributed by atoms with Crippen molar-refractivity contribution in [2.24, 2.45) is 5.41 Å². The minimum absolute atomic E-state index is 0.0873. The molecule has 0 bridgehead atoms. The van der Waals surface area contributed by atoms with Crippen molar-refractivity contribution in [1.29, 1.82) is 0 Å². The number of amides is 1. The molecular weight excluding hydrogens is 234 g/mol. The maximum Gasteiger partial charge on any atom is 0.306 e. The quantitative estimate of drug-likeness (QED) is 0.728. The Morgan fingerprint density at radius 1 is 1.28 bits per heavy atom. The van der Waals surface area contributed by atoms with Crippen molar-refractivity contribution in [3.63, 3.8) is 0 Å². The largest absolute Gasteiger partial charge is 0.466 e. The van der Waals surface area contributed by atoms with Gasteiger partial charge in [0.25, 0.3) is 0 Å². The third-order valence-electron chi connectivity index (χ3n) is 3.27. The van der Waals surface area contributed by atoms with Gasteiger partial charge in [0.15, 0.2) is 0 Å². The van der Waals surface area contributed by atoms with Crippen molar-refractivity contribution in [2.45, 2.75) is 39.5 Å². The van der Waals surface area contributed by atoms with Gasteiger partial charge in [-0.05, 0) is 25.2 Å². The van der Waals surface area contributed by atoms with Gasteiger partial charge in [-0.2, -0.15) is 0 Å². The number of rotatable bonds is 6. The lowest BCUT2D eigenvalue weighted by Gasteiger charge is -2.33. The molecule has 1 N–H and O–H groups in total. The summed E-state index contributed by atoms with van der Waals surface area (Å²) in [5.41, 5.74) is 0.123. The molecule has 0 atom stereocenters. The fraction of sp³-hybridized carbons (Fsp3) is 0.846. The van der Waals surface area contributed by atoms with Gasteiger partial charge in [-0.25, -0.2) is 0 Å². The normalized spacial score (nSPS) is 18.1. The van der Waals surface area contributed by atoms with Crippen LogP contribution in [0.4, 0.5) is 0 Å². The standard InChI is InChI=1S/C13H23NO4/c1-3-18-12(16)5-4-11(15)14-10-13(2)6-8-17-9-7-13/h3-10H2,1-2H3,(H,14,15). The van der Waals surface area contributed by atoms with Crippen molar-refractivity contribution in [2.75, 3.05) is 26.4 Å². The Balaban J connectivity index is 2.18. The summed E-state index contributed by atoms with van der Waals surface area (Å²) in [6.07, 6.45) is 2.28. The third kappa shape index (κ3) is 5.49. The third-order valence-corrected chi connectivity index (χ3v) is 3.27. The van der Waals surface area contributed by atoms with Crippen molar-refractivity contribution in [1.82, 2.24) is 5.32 Å². The minimum Gasteiger partial charge on any atom is -0.466 e. The molecule has 0 aliphatic carbocycles. The molecule has 1 rings (SSSR count). The molecule has 0 spiro atoms. The average molecular weight is 257 g/mol. The van der Waals surface area contributed by atoms with E-state index in [0.29, 0.717) is 13.2 Å². The number of carbonyl (C=O) groups is 2. The Morgan fingerprint density at radius 3 is 2.56 bits per heavy atom. The molecule has 104 valence electrons.